The molecule has 3 heterocycles. The van der Waals surface area contributed by atoms with E-state index < -0.39 is 12.2 Å². The minimum atomic E-state index is -0.444. The van der Waals surface area contributed by atoms with E-state index in [4.69, 9.17) is 19.3 Å². The van der Waals surface area contributed by atoms with Crippen molar-refractivity contribution in [3.05, 3.63) is 51.9 Å². The number of methoxy groups -OCH3 is 1. The van der Waals surface area contributed by atoms with Crippen LogP contribution in [0.4, 0.5) is 0 Å². The van der Waals surface area contributed by atoms with Crippen molar-refractivity contribution < 1.29 is 19.1 Å². The number of halogens is 1. The molecule has 150 valence electrons. The maximum Gasteiger partial charge on any atom is 0.279 e. The molecule has 29 heavy (non-hydrogen) atoms. The van der Waals surface area contributed by atoms with Crippen molar-refractivity contribution in [2.75, 3.05) is 13.7 Å². The fourth-order valence-corrected chi connectivity index (χ4v) is 3.65. The molecule has 1 amide bonds. The Morgan fingerprint density at radius 1 is 1.24 bits per heavy atom. The van der Waals surface area contributed by atoms with Crippen molar-refractivity contribution in [3.8, 4) is 17.0 Å². The molecule has 1 aliphatic heterocycles. The van der Waals surface area contributed by atoms with Crippen LogP contribution in [-0.4, -0.2) is 35.9 Å². The van der Waals surface area contributed by atoms with Gasteiger partial charge in [0, 0.05) is 39.9 Å². The summed E-state index contributed by atoms with van der Waals surface area (Å²) >= 11 is 2.24. The second kappa shape index (κ2) is 9.02. The molecule has 1 saturated heterocycles. The third kappa shape index (κ3) is 4.34. The standard InChI is InChI=1S/C21H20IN3O4/c1-27-20-18(21(26)25-29-17-4-2-3-11-28-17)15-12-23-10-9-16(15)24-19(20)13-5-7-14(22)8-6-13/h5-10,12,17H,2-4,11H2,1H3,(H,25,26). The highest BCUT2D eigenvalue weighted by molar-refractivity contribution is 14.1. The first-order valence-electron chi connectivity index (χ1n) is 9.32. The molecular weight excluding hydrogens is 485 g/mol. The predicted octanol–water partition coefficient (Wildman–Crippen LogP) is 4.10. The number of rotatable bonds is 5. The Kier molecular flexibility index (Phi) is 6.22. The number of benzene rings is 1. The number of hydrogen-bond acceptors (Lipinski definition) is 6. The van der Waals surface area contributed by atoms with Crippen molar-refractivity contribution in [1.29, 1.82) is 0 Å². The molecule has 0 spiro atoms. The normalized spacial score (nSPS) is 16.6. The summed E-state index contributed by atoms with van der Waals surface area (Å²) in [6.07, 6.45) is 5.55. The van der Waals surface area contributed by atoms with Crippen LogP contribution in [0.1, 0.15) is 29.6 Å². The molecule has 7 nitrogen and oxygen atoms in total. The first-order valence-corrected chi connectivity index (χ1v) is 10.4. The van der Waals surface area contributed by atoms with Gasteiger partial charge in [-0.15, -0.1) is 0 Å². The van der Waals surface area contributed by atoms with Crippen molar-refractivity contribution in [3.63, 3.8) is 0 Å². The Labute approximate surface area is 181 Å². The Morgan fingerprint density at radius 3 is 2.79 bits per heavy atom. The van der Waals surface area contributed by atoms with E-state index in [9.17, 15) is 4.79 Å². The van der Waals surface area contributed by atoms with E-state index in [1.807, 2.05) is 24.3 Å². The summed E-state index contributed by atoms with van der Waals surface area (Å²) in [6.45, 7) is 0.628. The zero-order valence-corrected chi connectivity index (χ0v) is 18.0. The zero-order chi connectivity index (χ0) is 20.2. The van der Waals surface area contributed by atoms with Crippen LogP contribution in [0.15, 0.2) is 42.7 Å². The van der Waals surface area contributed by atoms with Crippen LogP contribution in [0.3, 0.4) is 0 Å². The largest absolute Gasteiger partial charge is 0.494 e. The van der Waals surface area contributed by atoms with Crippen molar-refractivity contribution in [2.24, 2.45) is 0 Å². The van der Waals surface area contributed by atoms with E-state index >= 15 is 0 Å². The smallest absolute Gasteiger partial charge is 0.279 e. The highest BCUT2D eigenvalue weighted by Crippen LogP contribution is 2.36. The Bertz CT molecular complexity index is 1020. The molecule has 0 radical (unpaired) electrons. The van der Waals surface area contributed by atoms with Gasteiger partial charge in [0.15, 0.2) is 12.0 Å². The van der Waals surface area contributed by atoms with Crippen molar-refractivity contribution in [1.82, 2.24) is 15.4 Å². The summed E-state index contributed by atoms with van der Waals surface area (Å²) in [5.74, 6) is -0.0550. The topological polar surface area (TPSA) is 82.6 Å². The van der Waals surface area contributed by atoms with Crippen LogP contribution in [0.25, 0.3) is 22.2 Å². The zero-order valence-electron chi connectivity index (χ0n) is 15.9. The van der Waals surface area contributed by atoms with Gasteiger partial charge in [-0.05, 0) is 53.6 Å². The Morgan fingerprint density at radius 2 is 2.07 bits per heavy atom. The lowest BCUT2D eigenvalue weighted by molar-refractivity contribution is -0.186. The molecule has 1 atom stereocenters. The van der Waals surface area contributed by atoms with E-state index in [2.05, 4.69) is 33.1 Å². The molecule has 1 unspecified atom stereocenters. The SMILES string of the molecule is COc1c(-c2ccc(I)cc2)nc2ccncc2c1C(=O)NOC1CCCCO1. The molecular formula is C21H20IN3O4. The lowest BCUT2D eigenvalue weighted by Crippen LogP contribution is -2.33. The fourth-order valence-electron chi connectivity index (χ4n) is 3.29. The number of hydroxylamine groups is 1. The van der Waals surface area contributed by atoms with Crippen LogP contribution in [-0.2, 0) is 9.57 Å². The Balaban J connectivity index is 1.76. The van der Waals surface area contributed by atoms with Crippen LogP contribution < -0.4 is 10.2 Å². The molecule has 1 N–H and O–H groups in total. The number of pyridine rings is 2. The molecule has 1 fully saturated rings. The first-order chi connectivity index (χ1) is 14.2. The van der Waals surface area contributed by atoms with Crippen LogP contribution in [0.2, 0.25) is 0 Å². The number of fused-ring (bicyclic) bond motifs is 1. The number of ether oxygens (including phenoxy) is 2. The molecule has 0 saturated carbocycles. The number of carbonyl (C=O) groups is 1. The maximum absolute atomic E-state index is 13.1. The number of amides is 1. The van der Waals surface area contributed by atoms with Crippen LogP contribution in [0.5, 0.6) is 5.75 Å². The van der Waals surface area contributed by atoms with Gasteiger partial charge in [-0.25, -0.2) is 15.3 Å². The average molecular weight is 505 g/mol. The van der Waals surface area contributed by atoms with Crippen molar-refractivity contribution >= 4 is 39.4 Å². The Hall–Kier alpha value is -2.30. The number of carbonyl (C=O) groups excluding carboxylic acids is 1. The van der Waals surface area contributed by atoms with Gasteiger partial charge in [0.05, 0.1) is 18.2 Å². The van der Waals surface area contributed by atoms with Gasteiger partial charge >= 0.3 is 0 Å². The summed E-state index contributed by atoms with van der Waals surface area (Å²) in [5.41, 5.74) is 4.94. The van der Waals surface area contributed by atoms with Crippen LogP contribution in [0, 0.1) is 3.57 Å². The summed E-state index contributed by atoms with van der Waals surface area (Å²) < 4.78 is 12.3. The summed E-state index contributed by atoms with van der Waals surface area (Å²) in [7, 11) is 1.53. The lowest BCUT2D eigenvalue weighted by atomic mass is 10.0. The highest BCUT2D eigenvalue weighted by atomic mass is 127. The average Bonchev–Trinajstić information content (AvgIpc) is 2.77. The van der Waals surface area contributed by atoms with E-state index in [0.29, 0.717) is 34.5 Å². The molecule has 1 aliphatic rings. The summed E-state index contributed by atoms with van der Waals surface area (Å²) in [6, 6.07) is 9.64. The minimum absolute atomic E-state index is 0.329. The molecule has 2 aromatic heterocycles. The molecule has 8 heteroatoms. The third-order valence-corrected chi connectivity index (χ3v) is 5.43. The van der Waals surface area contributed by atoms with E-state index in [0.717, 1.165) is 28.4 Å². The number of nitrogens with one attached hydrogen (secondary N) is 1. The van der Waals surface area contributed by atoms with Crippen molar-refractivity contribution in [2.45, 2.75) is 25.6 Å². The van der Waals surface area contributed by atoms with Gasteiger partial charge < -0.3 is 9.47 Å². The second-order valence-corrected chi connectivity index (χ2v) is 7.86. The highest BCUT2D eigenvalue weighted by Gasteiger charge is 2.24. The molecule has 4 rings (SSSR count). The molecule has 3 aromatic rings. The third-order valence-electron chi connectivity index (χ3n) is 4.71. The van der Waals surface area contributed by atoms with Gasteiger partial charge in [0.1, 0.15) is 5.69 Å². The summed E-state index contributed by atoms with van der Waals surface area (Å²) in [5, 5.41) is 0.587. The fraction of sp³-hybridized carbons (Fsp3) is 0.286. The summed E-state index contributed by atoms with van der Waals surface area (Å²) in [4.78, 5) is 27.5. The monoisotopic (exact) mass is 505 g/mol. The first kappa shape index (κ1) is 20.0. The van der Waals surface area contributed by atoms with Gasteiger partial charge in [-0.1, -0.05) is 12.1 Å². The molecule has 0 bridgehead atoms. The van der Waals surface area contributed by atoms with E-state index in [1.165, 1.54) is 7.11 Å². The molecule has 1 aromatic carbocycles. The second-order valence-electron chi connectivity index (χ2n) is 6.61. The molecule has 0 aliphatic carbocycles. The minimum Gasteiger partial charge on any atom is -0.494 e. The predicted molar refractivity (Wildman–Crippen MR) is 116 cm³/mol. The maximum atomic E-state index is 13.1. The van der Waals surface area contributed by atoms with Crippen LogP contribution >= 0.6 is 22.6 Å². The van der Waals surface area contributed by atoms with Gasteiger partial charge in [-0.3, -0.25) is 9.78 Å². The number of aromatic nitrogens is 2. The van der Waals surface area contributed by atoms with Gasteiger partial charge in [-0.2, -0.15) is 0 Å². The lowest BCUT2D eigenvalue weighted by Gasteiger charge is -2.22. The quantitative estimate of drug-likeness (QED) is 0.416. The number of nitrogens with zero attached hydrogens (tertiary/aromatic N) is 2. The number of hydrogen-bond donors (Lipinski definition) is 1. The van der Waals surface area contributed by atoms with E-state index in [-0.39, 0.29) is 0 Å². The van der Waals surface area contributed by atoms with E-state index in [1.54, 1.807) is 18.5 Å². The van der Waals surface area contributed by atoms with Gasteiger partial charge in [0.25, 0.3) is 5.91 Å². The van der Waals surface area contributed by atoms with Gasteiger partial charge in [0.2, 0.25) is 0 Å².